The molecule has 0 aliphatic heterocycles. The molecule has 0 aromatic rings. The summed E-state index contributed by atoms with van der Waals surface area (Å²) in [6.45, 7) is 64.6. The fourth-order valence-corrected chi connectivity index (χ4v) is 1.06. The lowest BCUT2D eigenvalue weighted by molar-refractivity contribution is -0.0238. The van der Waals surface area contributed by atoms with Crippen molar-refractivity contribution in [3.05, 3.63) is 0 Å². The third-order valence-electron chi connectivity index (χ3n) is 12.2. The van der Waals surface area contributed by atoms with E-state index >= 15 is 0 Å². The van der Waals surface area contributed by atoms with Crippen LogP contribution in [-0.2, 0) is 0 Å². The minimum atomic E-state index is -0.562. The maximum absolute atomic E-state index is 9.35. The fraction of sp³-hybridized carbons (Fsp3) is 1.00. The highest BCUT2D eigenvalue weighted by Crippen LogP contribution is 2.41. The SMILES string of the molecule is CC(C)(C)C(C)(C)C.CC(C)(C)C(C)(C)C.CC(C)(C)C(C)(C)O.CCC(C)(C)C(C)(C)C.CCC(C)(C)C(C)(C)C. The third-order valence-corrected chi connectivity index (χ3v) is 12.2. The number of aliphatic hydroxyl groups is 1. The van der Waals surface area contributed by atoms with Gasteiger partial charge in [-0.15, -0.1) is 0 Å². The van der Waals surface area contributed by atoms with E-state index < -0.39 is 5.60 Å². The average molecular weight is 601 g/mol. The monoisotopic (exact) mass is 601 g/mol. The highest BCUT2D eigenvalue weighted by atomic mass is 16.3. The molecule has 0 atom stereocenters. The summed E-state index contributed by atoms with van der Waals surface area (Å²) in [5.41, 5.74) is 3.03. The second-order valence-corrected chi connectivity index (χ2v) is 21.8. The Morgan fingerprint density at radius 3 is 0.381 bits per heavy atom. The number of hydrogen-bond donors (Lipinski definition) is 1. The number of rotatable bonds is 2. The fourth-order valence-electron chi connectivity index (χ4n) is 1.06. The van der Waals surface area contributed by atoms with Crippen LogP contribution in [0.5, 0.6) is 0 Å². The van der Waals surface area contributed by atoms with Crippen molar-refractivity contribution in [1.82, 2.24) is 0 Å². The molecule has 262 valence electrons. The van der Waals surface area contributed by atoms with Crippen molar-refractivity contribution in [3.8, 4) is 0 Å². The zero-order valence-electron chi connectivity index (χ0n) is 35.9. The quantitative estimate of drug-likeness (QED) is 0.334. The van der Waals surface area contributed by atoms with Gasteiger partial charge in [0.05, 0.1) is 5.60 Å². The van der Waals surface area contributed by atoms with E-state index in [1.165, 1.54) is 12.8 Å². The van der Waals surface area contributed by atoms with Crippen LogP contribution in [-0.4, -0.2) is 10.7 Å². The Kier molecular flexibility index (Phi) is 20.9. The van der Waals surface area contributed by atoms with Gasteiger partial charge < -0.3 is 5.11 Å². The summed E-state index contributed by atoms with van der Waals surface area (Å²) in [5, 5.41) is 9.35. The van der Waals surface area contributed by atoms with Crippen molar-refractivity contribution in [1.29, 1.82) is 0 Å². The second-order valence-electron chi connectivity index (χ2n) is 21.8. The molecule has 0 spiro atoms. The Balaban J connectivity index is -0.000000136. The van der Waals surface area contributed by atoms with Crippen LogP contribution >= 0.6 is 0 Å². The molecule has 0 unspecified atom stereocenters. The average Bonchev–Trinajstić information content (AvgIpc) is 2.63. The molecule has 0 heterocycles. The molecule has 0 aliphatic carbocycles. The first kappa shape index (κ1) is 51.5. The van der Waals surface area contributed by atoms with Crippen LogP contribution in [0, 0.1) is 48.7 Å². The van der Waals surface area contributed by atoms with Crippen molar-refractivity contribution < 1.29 is 5.11 Å². The molecule has 0 fully saturated rings. The van der Waals surface area contributed by atoms with Crippen LogP contribution in [0.4, 0.5) is 0 Å². The topological polar surface area (TPSA) is 20.2 Å². The molecule has 0 bridgehead atoms. The van der Waals surface area contributed by atoms with Gasteiger partial charge in [0.1, 0.15) is 0 Å². The first-order valence-corrected chi connectivity index (χ1v) is 17.1. The summed E-state index contributed by atoms with van der Waals surface area (Å²) in [6, 6.07) is 0. The van der Waals surface area contributed by atoms with E-state index in [1.807, 2.05) is 34.6 Å². The van der Waals surface area contributed by atoms with Crippen molar-refractivity contribution in [2.45, 2.75) is 219 Å². The molecule has 0 aromatic heterocycles. The van der Waals surface area contributed by atoms with Crippen molar-refractivity contribution in [3.63, 3.8) is 0 Å². The number of hydrogen-bond acceptors (Lipinski definition) is 1. The lowest BCUT2D eigenvalue weighted by Crippen LogP contribution is -2.35. The van der Waals surface area contributed by atoms with Gasteiger partial charge in [-0.05, 0) is 62.6 Å². The van der Waals surface area contributed by atoms with Gasteiger partial charge in [0.25, 0.3) is 0 Å². The summed E-state index contributed by atoms with van der Waals surface area (Å²) < 4.78 is 0. The van der Waals surface area contributed by atoms with Crippen LogP contribution in [0.1, 0.15) is 214 Å². The summed E-state index contributed by atoms with van der Waals surface area (Å²) in [7, 11) is 0. The van der Waals surface area contributed by atoms with Gasteiger partial charge >= 0.3 is 0 Å². The normalized spacial score (nSPS) is 14.1. The zero-order valence-corrected chi connectivity index (χ0v) is 35.9. The minimum absolute atomic E-state index is 0.00694. The van der Waals surface area contributed by atoms with Gasteiger partial charge in [-0.3, -0.25) is 0 Å². The van der Waals surface area contributed by atoms with Gasteiger partial charge in [0.15, 0.2) is 0 Å². The molecule has 42 heavy (non-hydrogen) atoms. The molecule has 0 rings (SSSR count). The van der Waals surface area contributed by atoms with Gasteiger partial charge in [0.2, 0.25) is 0 Å². The van der Waals surface area contributed by atoms with Crippen LogP contribution in [0.15, 0.2) is 0 Å². The van der Waals surface area contributed by atoms with E-state index in [-0.39, 0.29) is 5.41 Å². The van der Waals surface area contributed by atoms with E-state index in [4.69, 9.17) is 0 Å². The molecule has 0 aromatic carbocycles. The predicted molar refractivity (Wildman–Crippen MR) is 201 cm³/mol. The van der Waals surface area contributed by atoms with Gasteiger partial charge in [0, 0.05) is 0 Å². The van der Waals surface area contributed by atoms with E-state index in [9.17, 15) is 5.11 Å². The second kappa shape index (κ2) is 17.0. The van der Waals surface area contributed by atoms with Crippen LogP contribution in [0.3, 0.4) is 0 Å². The first-order valence-electron chi connectivity index (χ1n) is 17.1. The highest BCUT2D eigenvalue weighted by Gasteiger charge is 2.32. The summed E-state index contributed by atoms with van der Waals surface area (Å²) in [6.07, 6.45) is 2.52. The summed E-state index contributed by atoms with van der Waals surface area (Å²) in [4.78, 5) is 0. The lowest BCUT2D eigenvalue weighted by Gasteiger charge is -2.37. The minimum Gasteiger partial charge on any atom is -0.390 e. The molecular formula is C41H92O. The van der Waals surface area contributed by atoms with Crippen LogP contribution < -0.4 is 0 Å². The largest absolute Gasteiger partial charge is 0.390 e. The van der Waals surface area contributed by atoms with Crippen molar-refractivity contribution in [2.24, 2.45) is 48.7 Å². The molecule has 0 amide bonds. The van der Waals surface area contributed by atoms with Crippen LogP contribution in [0.25, 0.3) is 0 Å². The molecule has 1 nitrogen and oxygen atoms in total. The van der Waals surface area contributed by atoms with Crippen molar-refractivity contribution in [2.75, 3.05) is 0 Å². The van der Waals surface area contributed by atoms with E-state index in [0.29, 0.717) is 43.3 Å². The van der Waals surface area contributed by atoms with Crippen molar-refractivity contribution >= 4 is 0 Å². The third kappa shape index (κ3) is 23.4. The maximum Gasteiger partial charge on any atom is 0.0639 e. The predicted octanol–water partition coefficient (Wildman–Crippen LogP) is 14.9. The lowest BCUT2D eigenvalue weighted by atomic mass is 9.68. The molecule has 0 saturated carbocycles. The molecule has 1 N–H and O–H groups in total. The van der Waals surface area contributed by atoms with E-state index in [1.54, 1.807) is 0 Å². The molecule has 0 aliphatic rings. The first-order chi connectivity index (χ1) is 17.4. The standard InChI is InChI=1S/2C9H20.2C8H18.C7H16O/c2*1-7-9(5,6)8(2,3)4;2*1-7(2,3)8(4,5)6;1-6(2,3)7(4,5)8/h2*7H2,1-6H3;2*1-6H3;8H,1-5H3. The smallest absolute Gasteiger partial charge is 0.0639 e. The summed E-state index contributed by atoms with van der Waals surface area (Å²) in [5.74, 6) is 0. The van der Waals surface area contributed by atoms with E-state index in [0.717, 1.165) is 0 Å². The Labute approximate surface area is 272 Å². The molecular weight excluding hydrogens is 508 g/mol. The Bertz CT molecular complexity index is 542. The van der Waals surface area contributed by atoms with Crippen LogP contribution in [0.2, 0.25) is 0 Å². The summed E-state index contributed by atoms with van der Waals surface area (Å²) >= 11 is 0. The van der Waals surface area contributed by atoms with E-state index in [2.05, 4.69) is 166 Å². The molecule has 1 heteroatoms. The van der Waals surface area contributed by atoms with Gasteiger partial charge in [-0.1, -0.05) is 200 Å². The molecule has 0 saturated heterocycles. The molecule has 0 radical (unpaired) electrons. The Hall–Kier alpha value is -0.0400. The van der Waals surface area contributed by atoms with Gasteiger partial charge in [-0.25, -0.2) is 0 Å². The van der Waals surface area contributed by atoms with Gasteiger partial charge in [-0.2, -0.15) is 0 Å². The Morgan fingerprint density at radius 2 is 0.381 bits per heavy atom. The maximum atomic E-state index is 9.35. The highest BCUT2D eigenvalue weighted by molar-refractivity contribution is 4.82. The Morgan fingerprint density at radius 1 is 0.262 bits per heavy atom. The zero-order chi connectivity index (χ0) is 36.4.